The van der Waals surface area contributed by atoms with Crippen LogP contribution in [0.5, 0.6) is 0 Å². The summed E-state index contributed by atoms with van der Waals surface area (Å²) < 4.78 is 4.10. The molecule has 0 bridgehead atoms. The van der Waals surface area contributed by atoms with Gasteiger partial charge in [0.25, 0.3) is 5.78 Å². The molecule has 1 aliphatic heterocycles. The summed E-state index contributed by atoms with van der Waals surface area (Å²) in [6.07, 6.45) is 6.40. The van der Waals surface area contributed by atoms with Gasteiger partial charge in [-0.1, -0.05) is 6.92 Å². The molecule has 0 spiro atoms. The minimum Gasteiger partial charge on any atom is -0.341 e. The Morgan fingerprint density at radius 1 is 1.12 bits per heavy atom. The van der Waals surface area contributed by atoms with E-state index in [0.717, 1.165) is 40.8 Å². The highest BCUT2D eigenvalue weighted by Crippen LogP contribution is 2.42. The maximum absolute atomic E-state index is 4.57. The third-order valence-corrected chi connectivity index (χ3v) is 6.13. The molecule has 5 rings (SSSR count). The first-order chi connectivity index (χ1) is 12.7. The second kappa shape index (κ2) is 6.22. The van der Waals surface area contributed by atoms with Crippen LogP contribution in [0.1, 0.15) is 44.3 Å². The van der Waals surface area contributed by atoms with Crippen LogP contribution in [-0.2, 0) is 0 Å². The number of rotatable bonds is 4. The van der Waals surface area contributed by atoms with Crippen LogP contribution >= 0.6 is 11.8 Å². The summed E-state index contributed by atoms with van der Waals surface area (Å²) in [5.74, 6) is 2.45. The van der Waals surface area contributed by atoms with Gasteiger partial charge >= 0.3 is 0 Å². The van der Waals surface area contributed by atoms with Crippen molar-refractivity contribution in [1.29, 1.82) is 0 Å². The van der Waals surface area contributed by atoms with E-state index >= 15 is 0 Å². The normalized spacial score (nSPS) is 18.8. The Bertz CT molecular complexity index is 936. The average Bonchev–Trinajstić information content (AvgIpc) is 3.20. The first-order valence-corrected chi connectivity index (χ1v) is 10.1. The van der Waals surface area contributed by atoms with Crippen molar-refractivity contribution in [2.75, 3.05) is 18.0 Å². The molecule has 0 atom stereocenters. The quantitative estimate of drug-likeness (QED) is 0.654. The van der Waals surface area contributed by atoms with E-state index in [-0.39, 0.29) is 0 Å². The third-order valence-electron chi connectivity index (χ3n) is 5.17. The van der Waals surface area contributed by atoms with Crippen LogP contribution in [0.3, 0.4) is 0 Å². The smallest absolute Gasteiger partial charge is 0.253 e. The van der Waals surface area contributed by atoms with Gasteiger partial charge < -0.3 is 4.90 Å². The first kappa shape index (κ1) is 16.0. The largest absolute Gasteiger partial charge is 0.341 e. The van der Waals surface area contributed by atoms with Crippen molar-refractivity contribution < 1.29 is 0 Å². The summed E-state index contributed by atoms with van der Waals surface area (Å²) in [6.45, 7) is 6.45. The third kappa shape index (κ3) is 2.84. The van der Waals surface area contributed by atoms with Crippen LogP contribution in [0.25, 0.3) is 5.78 Å². The lowest BCUT2D eigenvalue weighted by Crippen LogP contribution is -2.34. The van der Waals surface area contributed by atoms with Gasteiger partial charge in [0.2, 0.25) is 5.95 Å². The van der Waals surface area contributed by atoms with Gasteiger partial charge in [-0.3, -0.25) is 4.57 Å². The molecule has 0 radical (unpaired) electrons. The van der Waals surface area contributed by atoms with Gasteiger partial charge in [0.05, 0.1) is 0 Å². The lowest BCUT2D eigenvalue weighted by atomic mass is 10.00. The zero-order chi connectivity index (χ0) is 17.7. The molecule has 3 aromatic heterocycles. The zero-order valence-electron chi connectivity index (χ0n) is 15.0. The van der Waals surface area contributed by atoms with Crippen molar-refractivity contribution in [2.45, 2.75) is 55.8 Å². The van der Waals surface area contributed by atoms with Crippen LogP contribution in [0, 0.1) is 12.8 Å². The highest BCUT2D eigenvalue weighted by atomic mass is 32.2. The Hall–Kier alpha value is -2.16. The summed E-state index contributed by atoms with van der Waals surface area (Å²) >= 11 is 1.60. The fourth-order valence-corrected chi connectivity index (χ4v) is 4.52. The molecule has 0 amide bonds. The van der Waals surface area contributed by atoms with Gasteiger partial charge in [0.15, 0.2) is 5.16 Å². The number of hydrogen-bond donors (Lipinski definition) is 0. The molecule has 8 nitrogen and oxygen atoms in total. The van der Waals surface area contributed by atoms with Crippen molar-refractivity contribution in [3.8, 4) is 0 Å². The van der Waals surface area contributed by atoms with Crippen LogP contribution in [0.15, 0.2) is 22.6 Å². The molecule has 9 heteroatoms. The molecular weight excluding hydrogens is 348 g/mol. The summed E-state index contributed by atoms with van der Waals surface area (Å²) in [6, 6.07) is 2.55. The Labute approximate surface area is 156 Å². The van der Waals surface area contributed by atoms with Gasteiger partial charge in [-0.15, -0.1) is 10.2 Å². The standard InChI is InChI=1S/C17H22N8S/c1-11-5-7-23(8-6-11)16-21-22-17(24(16)13-3-4-13)26-14-9-12(2)20-15-18-10-19-25(14)15/h9-11,13H,3-8H2,1-2H3. The van der Waals surface area contributed by atoms with Crippen molar-refractivity contribution in [2.24, 2.45) is 5.92 Å². The molecular formula is C17H22N8S. The van der Waals surface area contributed by atoms with Crippen LogP contribution < -0.4 is 4.90 Å². The number of aryl methyl sites for hydroxylation is 1. The van der Waals surface area contributed by atoms with E-state index in [1.807, 2.05) is 13.0 Å². The van der Waals surface area contributed by atoms with Gasteiger partial charge in [0.1, 0.15) is 11.4 Å². The summed E-state index contributed by atoms with van der Waals surface area (Å²) in [5, 5.41) is 15.3. The average molecular weight is 370 g/mol. The van der Waals surface area contributed by atoms with E-state index in [0.29, 0.717) is 11.8 Å². The van der Waals surface area contributed by atoms with Crippen molar-refractivity contribution in [3.63, 3.8) is 0 Å². The molecule has 3 aromatic rings. The van der Waals surface area contributed by atoms with Gasteiger partial charge in [0, 0.05) is 24.8 Å². The predicted octanol–water partition coefficient (Wildman–Crippen LogP) is 2.75. The molecule has 2 fully saturated rings. The molecule has 1 saturated heterocycles. The molecule has 1 saturated carbocycles. The lowest BCUT2D eigenvalue weighted by molar-refractivity contribution is 0.429. The molecule has 4 heterocycles. The lowest BCUT2D eigenvalue weighted by Gasteiger charge is -2.31. The van der Waals surface area contributed by atoms with Crippen molar-refractivity contribution in [1.82, 2.24) is 34.3 Å². The fraction of sp³-hybridized carbons (Fsp3) is 0.588. The van der Waals surface area contributed by atoms with E-state index < -0.39 is 0 Å². The monoisotopic (exact) mass is 370 g/mol. The van der Waals surface area contributed by atoms with E-state index in [1.54, 1.807) is 16.3 Å². The summed E-state index contributed by atoms with van der Waals surface area (Å²) in [5.41, 5.74) is 0.927. The number of piperidine rings is 1. The zero-order valence-corrected chi connectivity index (χ0v) is 15.9. The van der Waals surface area contributed by atoms with E-state index in [9.17, 15) is 0 Å². The Balaban J connectivity index is 1.50. The number of aromatic nitrogens is 7. The van der Waals surface area contributed by atoms with Crippen LogP contribution in [0.2, 0.25) is 0 Å². The van der Waals surface area contributed by atoms with E-state index in [4.69, 9.17) is 0 Å². The number of fused-ring (bicyclic) bond motifs is 1. The maximum Gasteiger partial charge on any atom is 0.253 e. The Kier molecular flexibility index (Phi) is 3.84. The Morgan fingerprint density at radius 3 is 2.69 bits per heavy atom. The van der Waals surface area contributed by atoms with Crippen molar-refractivity contribution >= 4 is 23.5 Å². The van der Waals surface area contributed by atoms with Gasteiger partial charge in [-0.25, -0.2) is 4.98 Å². The topological polar surface area (TPSA) is 77.0 Å². The molecule has 136 valence electrons. The van der Waals surface area contributed by atoms with E-state index in [2.05, 4.69) is 41.7 Å². The predicted molar refractivity (Wildman–Crippen MR) is 98.5 cm³/mol. The second-order valence-electron chi connectivity index (χ2n) is 7.36. The summed E-state index contributed by atoms with van der Waals surface area (Å²) in [7, 11) is 0. The van der Waals surface area contributed by atoms with Crippen LogP contribution in [0.4, 0.5) is 5.95 Å². The molecule has 1 aliphatic carbocycles. The molecule has 0 unspecified atom stereocenters. The minimum absolute atomic E-state index is 0.524. The number of nitrogens with zero attached hydrogens (tertiary/aromatic N) is 8. The second-order valence-corrected chi connectivity index (χ2v) is 8.35. The fourth-order valence-electron chi connectivity index (χ4n) is 3.48. The SMILES string of the molecule is Cc1cc(Sc2nnc(N3CCC(C)CC3)n2C2CC2)n2ncnc2n1. The minimum atomic E-state index is 0.524. The maximum atomic E-state index is 4.57. The van der Waals surface area contributed by atoms with E-state index in [1.165, 1.54) is 32.0 Å². The van der Waals surface area contributed by atoms with Gasteiger partial charge in [-0.05, 0) is 56.4 Å². The molecule has 0 aromatic carbocycles. The summed E-state index contributed by atoms with van der Waals surface area (Å²) in [4.78, 5) is 11.0. The van der Waals surface area contributed by atoms with Crippen LogP contribution in [-0.4, -0.2) is 47.4 Å². The molecule has 26 heavy (non-hydrogen) atoms. The highest BCUT2D eigenvalue weighted by Gasteiger charge is 2.33. The van der Waals surface area contributed by atoms with Gasteiger partial charge in [-0.2, -0.15) is 14.6 Å². The van der Waals surface area contributed by atoms with Crippen molar-refractivity contribution in [3.05, 3.63) is 18.1 Å². The number of anilines is 1. The number of hydrogen-bond acceptors (Lipinski definition) is 7. The first-order valence-electron chi connectivity index (χ1n) is 9.24. The highest BCUT2D eigenvalue weighted by molar-refractivity contribution is 7.99. The molecule has 0 N–H and O–H groups in total. The molecule has 2 aliphatic rings. The Morgan fingerprint density at radius 2 is 1.92 bits per heavy atom.